The molecular weight excluding hydrogens is 389 g/mol. The minimum absolute atomic E-state index is 0.0117. The van der Waals surface area contributed by atoms with Gasteiger partial charge in [-0.25, -0.2) is 4.98 Å². The number of aromatic nitrogens is 2. The van der Waals surface area contributed by atoms with E-state index >= 15 is 0 Å². The summed E-state index contributed by atoms with van der Waals surface area (Å²) in [5.41, 5.74) is 5.19. The molecule has 1 amide bonds. The van der Waals surface area contributed by atoms with E-state index in [1.807, 2.05) is 24.3 Å². The van der Waals surface area contributed by atoms with Crippen LogP contribution in [-0.4, -0.2) is 33.8 Å². The molecule has 3 aliphatic heterocycles. The number of carbonyl (C=O) groups is 1. The number of benzene rings is 2. The van der Waals surface area contributed by atoms with Crippen LogP contribution in [0.5, 0.6) is 0 Å². The molecule has 158 valence electrons. The van der Waals surface area contributed by atoms with E-state index in [1.54, 1.807) is 0 Å². The van der Waals surface area contributed by atoms with Crippen molar-refractivity contribution in [3.63, 3.8) is 0 Å². The van der Waals surface area contributed by atoms with Crippen molar-refractivity contribution in [2.24, 2.45) is 0 Å². The zero-order valence-electron chi connectivity index (χ0n) is 18.5. The first-order chi connectivity index (χ1) is 14.7. The molecule has 0 aliphatic carbocycles. The molecule has 7 heteroatoms. The normalized spacial score (nSPS) is 25.3. The molecule has 6 rings (SSSR count). The zero-order valence-corrected chi connectivity index (χ0v) is 18.5. The molecule has 1 fully saturated rings. The molecule has 3 aromatic rings. The number of nitrogens with one attached hydrogen (secondary N) is 1. The molecule has 0 saturated carbocycles. The van der Waals surface area contributed by atoms with E-state index in [2.05, 4.69) is 56.6 Å². The maximum absolute atomic E-state index is 12.8. The van der Waals surface area contributed by atoms with Gasteiger partial charge in [-0.15, -0.1) is 0 Å². The second kappa shape index (κ2) is 5.99. The van der Waals surface area contributed by atoms with Gasteiger partial charge in [-0.2, -0.15) is 0 Å². The lowest BCUT2D eigenvalue weighted by Crippen LogP contribution is -2.41. The van der Waals surface area contributed by atoms with Crippen LogP contribution in [0.4, 0.5) is 0 Å². The van der Waals surface area contributed by atoms with Crippen molar-refractivity contribution in [1.29, 1.82) is 0 Å². The van der Waals surface area contributed by atoms with E-state index in [1.165, 1.54) is 0 Å². The molecule has 0 radical (unpaired) electrons. The second-order valence-corrected chi connectivity index (χ2v) is 9.99. The van der Waals surface area contributed by atoms with Crippen LogP contribution in [0.25, 0.3) is 11.0 Å². The highest BCUT2D eigenvalue weighted by molar-refractivity contribution is 6.62. The van der Waals surface area contributed by atoms with Gasteiger partial charge < -0.3 is 19.2 Å². The van der Waals surface area contributed by atoms with Crippen molar-refractivity contribution in [3.05, 3.63) is 58.9 Å². The Labute approximate surface area is 182 Å². The molecule has 6 nitrogen and oxygen atoms in total. The average molecular weight is 415 g/mol. The van der Waals surface area contributed by atoms with Crippen LogP contribution in [0.3, 0.4) is 0 Å². The lowest BCUT2D eigenvalue weighted by molar-refractivity contribution is 0.00578. The SMILES string of the molecule is Cc1cccc2c1C1CC(NC2=O)c2nc3ccc(B4OC(C)(C)C(C)(C)O4)cc3n21. The van der Waals surface area contributed by atoms with E-state index in [0.717, 1.165) is 45.4 Å². The van der Waals surface area contributed by atoms with Gasteiger partial charge in [0, 0.05) is 5.56 Å². The standard InChI is InChI=1S/C24H26BN3O3/c1-13-7-6-8-15-20(13)19-12-17(27-22(15)29)21-26-16-10-9-14(11-18(16)28(19)21)25-30-23(2,3)24(4,5)31-25/h6-11,17,19H,12H2,1-5H3,(H,27,29). The third kappa shape index (κ3) is 2.53. The summed E-state index contributed by atoms with van der Waals surface area (Å²) in [5.74, 6) is 0.913. The molecule has 2 atom stereocenters. The largest absolute Gasteiger partial charge is 0.494 e. The molecule has 3 aliphatic rings. The molecule has 4 heterocycles. The van der Waals surface area contributed by atoms with Crippen LogP contribution >= 0.6 is 0 Å². The highest BCUT2D eigenvalue weighted by Crippen LogP contribution is 2.45. The van der Waals surface area contributed by atoms with Gasteiger partial charge >= 0.3 is 7.12 Å². The van der Waals surface area contributed by atoms with Gasteiger partial charge in [-0.05, 0) is 75.8 Å². The average Bonchev–Trinajstić information content (AvgIpc) is 3.26. The van der Waals surface area contributed by atoms with Crippen LogP contribution in [0, 0.1) is 6.92 Å². The van der Waals surface area contributed by atoms with Crippen molar-refractivity contribution >= 4 is 29.5 Å². The Morgan fingerprint density at radius 2 is 1.87 bits per heavy atom. The van der Waals surface area contributed by atoms with E-state index < -0.39 is 7.12 Å². The fourth-order valence-electron chi connectivity index (χ4n) is 5.19. The lowest BCUT2D eigenvalue weighted by Gasteiger charge is -2.32. The predicted molar refractivity (Wildman–Crippen MR) is 120 cm³/mol. The van der Waals surface area contributed by atoms with Crippen molar-refractivity contribution in [3.8, 4) is 0 Å². The van der Waals surface area contributed by atoms with E-state index in [-0.39, 0.29) is 29.2 Å². The summed E-state index contributed by atoms with van der Waals surface area (Å²) in [4.78, 5) is 17.7. The number of amides is 1. The van der Waals surface area contributed by atoms with Gasteiger partial charge in [0.15, 0.2) is 0 Å². The monoisotopic (exact) mass is 415 g/mol. The number of aryl methyl sites for hydroxylation is 1. The highest BCUT2D eigenvalue weighted by atomic mass is 16.7. The molecule has 1 aromatic heterocycles. The number of fused-ring (bicyclic) bond motifs is 9. The Balaban J connectivity index is 1.51. The third-order valence-corrected chi connectivity index (χ3v) is 7.56. The third-order valence-electron chi connectivity index (χ3n) is 7.56. The van der Waals surface area contributed by atoms with Crippen LogP contribution in [-0.2, 0) is 9.31 Å². The first kappa shape index (κ1) is 19.1. The molecule has 1 N–H and O–H groups in total. The summed E-state index contributed by atoms with van der Waals surface area (Å²) in [6.45, 7) is 10.3. The summed E-state index contributed by atoms with van der Waals surface area (Å²) in [5, 5.41) is 3.19. The fraction of sp³-hybridized carbons (Fsp3) is 0.417. The van der Waals surface area contributed by atoms with Gasteiger partial charge in [0.05, 0.1) is 34.3 Å². The minimum atomic E-state index is -0.419. The topological polar surface area (TPSA) is 65.4 Å². The first-order valence-corrected chi connectivity index (χ1v) is 10.9. The number of rotatable bonds is 1. The van der Waals surface area contributed by atoms with Crippen molar-refractivity contribution in [1.82, 2.24) is 14.9 Å². The molecular formula is C24H26BN3O3. The van der Waals surface area contributed by atoms with Crippen LogP contribution in [0.15, 0.2) is 36.4 Å². The number of nitrogens with zero attached hydrogens (tertiary/aromatic N) is 2. The summed E-state index contributed by atoms with van der Waals surface area (Å²) < 4.78 is 14.9. The summed E-state index contributed by atoms with van der Waals surface area (Å²) in [7, 11) is -0.419. The maximum Gasteiger partial charge on any atom is 0.494 e. The first-order valence-electron chi connectivity index (χ1n) is 10.9. The van der Waals surface area contributed by atoms with Crippen molar-refractivity contribution < 1.29 is 14.1 Å². The van der Waals surface area contributed by atoms with Crippen molar-refractivity contribution in [2.45, 2.75) is 64.3 Å². The maximum atomic E-state index is 12.8. The summed E-state index contributed by atoms with van der Waals surface area (Å²) in [6, 6.07) is 12.2. The van der Waals surface area contributed by atoms with Gasteiger partial charge in [0.1, 0.15) is 5.82 Å². The molecule has 2 aromatic carbocycles. The van der Waals surface area contributed by atoms with Crippen LogP contribution in [0.2, 0.25) is 0 Å². The Kier molecular flexibility index (Phi) is 3.69. The molecule has 31 heavy (non-hydrogen) atoms. The quantitative estimate of drug-likeness (QED) is 0.619. The molecule has 1 saturated heterocycles. The molecule has 2 unspecified atom stereocenters. The Hall–Kier alpha value is -2.64. The minimum Gasteiger partial charge on any atom is -0.399 e. The number of imidazole rings is 1. The zero-order chi connectivity index (χ0) is 21.7. The smallest absolute Gasteiger partial charge is 0.399 e. The predicted octanol–water partition coefficient (Wildman–Crippen LogP) is 3.42. The van der Waals surface area contributed by atoms with Crippen LogP contribution < -0.4 is 10.8 Å². The van der Waals surface area contributed by atoms with Crippen molar-refractivity contribution in [2.75, 3.05) is 0 Å². The number of carbonyl (C=O) groups excluding carboxylic acids is 1. The number of hydrogen-bond donors (Lipinski definition) is 1. The highest BCUT2D eigenvalue weighted by Gasteiger charge is 2.52. The summed E-state index contributed by atoms with van der Waals surface area (Å²) >= 11 is 0. The lowest BCUT2D eigenvalue weighted by atomic mass is 9.79. The Morgan fingerprint density at radius 1 is 1.13 bits per heavy atom. The van der Waals surface area contributed by atoms with Gasteiger partial charge in [-0.1, -0.05) is 18.2 Å². The van der Waals surface area contributed by atoms with Crippen LogP contribution in [0.1, 0.15) is 73.5 Å². The van der Waals surface area contributed by atoms with Gasteiger partial charge in [-0.3, -0.25) is 4.79 Å². The second-order valence-electron chi connectivity index (χ2n) is 9.99. The summed E-state index contributed by atoms with van der Waals surface area (Å²) in [6.07, 6.45) is 0.822. The van der Waals surface area contributed by atoms with Gasteiger partial charge in [0.25, 0.3) is 5.91 Å². The Morgan fingerprint density at radius 3 is 2.61 bits per heavy atom. The number of hydrogen-bond acceptors (Lipinski definition) is 4. The van der Waals surface area contributed by atoms with E-state index in [9.17, 15) is 4.79 Å². The molecule has 2 bridgehead atoms. The Bertz CT molecular complexity index is 1250. The van der Waals surface area contributed by atoms with E-state index in [4.69, 9.17) is 14.3 Å². The molecule has 0 spiro atoms. The van der Waals surface area contributed by atoms with E-state index in [0.29, 0.717) is 0 Å². The van der Waals surface area contributed by atoms with Gasteiger partial charge in [0.2, 0.25) is 0 Å². The fourth-order valence-corrected chi connectivity index (χ4v) is 5.19.